The molecule has 2 N–H and O–H groups in total. The van der Waals surface area contributed by atoms with Crippen LogP contribution >= 0.6 is 0 Å². The lowest BCUT2D eigenvalue weighted by Crippen LogP contribution is -2.22. The Morgan fingerprint density at radius 1 is 0.340 bits per heavy atom. The van der Waals surface area contributed by atoms with Gasteiger partial charge in [0.2, 0.25) is 0 Å². The van der Waals surface area contributed by atoms with Gasteiger partial charge in [-0.15, -0.1) is 0 Å². The summed E-state index contributed by atoms with van der Waals surface area (Å²) in [5.74, 6) is -0.797. The van der Waals surface area contributed by atoms with Gasteiger partial charge in [0.15, 0.2) is 0 Å². The number of esters is 4. The number of hydrogen-bond donors (Lipinski definition) is 1. The van der Waals surface area contributed by atoms with Gasteiger partial charge in [-0.1, -0.05) is 29.4 Å². The number of hydrogen-bond acceptors (Lipinski definition) is 26. The number of rotatable bonds is 57. The Labute approximate surface area is 592 Å². The molecule has 0 amide bonds. The van der Waals surface area contributed by atoms with Gasteiger partial charge in [0.25, 0.3) is 0 Å². The lowest BCUT2D eigenvalue weighted by Gasteiger charge is -2.18. The van der Waals surface area contributed by atoms with E-state index in [0.29, 0.717) is 221 Å². The third kappa shape index (κ3) is 60.4. The predicted octanol–water partition coefficient (Wildman–Crippen LogP) is 9.05. The number of nitrogens with zero attached hydrogens (tertiary/aromatic N) is 3. The van der Waals surface area contributed by atoms with E-state index >= 15 is 0 Å². The minimum absolute atomic E-state index is 0.256. The minimum Gasteiger partial charge on any atom is -0.491 e. The second-order valence-corrected chi connectivity index (χ2v) is 25.1. The van der Waals surface area contributed by atoms with Gasteiger partial charge in [-0.3, -0.25) is 0 Å². The number of nitrogens with two attached hydrogens (primary N) is 1. The van der Waals surface area contributed by atoms with Gasteiger partial charge >= 0.3 is 23.9 Å². The average Bonchev–Trinajstić information content (AvgIpc) is 0.864. The zero-order valence-electron chi connectivity index (χ0n) is 61.4. The topological polar surface area (TPSA) is 328 Å². The van der Waals surface area contributed by atoms with Crippen molar-refractivity contribution in [3.8, 4) is 11.5 Å². The average molecular weight is 1420 g/mol. The van der Waals surface area contributed by atoms with E-state index in [1.165, 1.54) is 24.3 Å². The zero-order chi connectivity index (χ0) is 73.9. The number of ether oxygens (including phenoxy) is 20. The molecule has 2 aromatic rings. The van der Waals surface area contributed by atoms with Crippen LogP contribution in [0.3, 0.4) is 0 Å². The van der Waals surface area contributed by atoms with Crippen LogP contribution in [0, 0.1) is 0 Å². The first-order chi connectivity index (χ1) is 47.8. The Morgan fingerprint density at radius 3 is 0.790 bits per heavy atom. The van der Waals surface area contributed by atoms with Gasteiger partial charge in [0.05, 0.1) is 185 Å². The molecule has 0 aromatic heterocycles. The van der Waals surface area contributed by atoms with Gasteiger partial charge < -0.3 is 100 Å². The molecule has 0 spiro atoms. The quantitative estimate of drug-likeness (QED) is 0.0123. The number of carbonyl (C=O) groups is 4. The highest BCUT2D eigenvalue weighted by molar-refractivity contribution is 5.90. The van der Waals surface area contributed by atoms with E-state index < -0.39 is 46.3 Å². The molecule has 0 saturated carbocycles. The van der Waals surface area contributed by atoms with E-state index in [-0.39, 0.29) is 13.2 Å². The van der Waals surface area contributed by atoms with Crippen LogP contribution in [0.4, 0.5) is 0 Å². The van der Waals surface area contributed by atoms with Crippen molar-refractivity contribution in [1.29, 1.82) is 0 Å². The highest BCUT2D eigenvalue weighted by atomic mass is 16.6. The molecule has 0 fully saturated rings. The van der Waals surface area contributed by atoms with Crippen molar-refractivity contribution in [3.05, 3.63) is 93.4 Å². The summed E-state index contributed by atoms with van der Waals surface area (Å²) in [4.78, 5) is 51.3. The largest absolute Gasteiger partial charge is 0.491 e. The van der Waals surface area contributed by atoms with Crippen molar-refractivity contribution < 1.29 is 114 Å². The minimum atomic E-state index is -0.607. The first kappa shape index (κ1) is 91.6. The summed E-state index contributed by atoms with van der Waals surface area (Å²) in [7, 11) is 0. The van der Waals surface area contributed by atoms with E-state index in [2.05, 4.69) is 10.0 Å². The third-order valence-corrected chi connectivity index (χ3v) is 11.4. The van der Waals surface area contributed by atoms with Gasteiger partial charge in [-0.2, -0.15) is 0 Å². The molecule has 568 valence electrons. The first-order valence-corrected chi connectivity index (χ1v) is 33.8. The Kier molecular flexibility index (Phi) is 53.2. The Morgan fingerprint density at radius 2 is 0.560 bits per heavy atom. The fraction of sp³-hybridized carbons (Fsp3) is 0.667. The Bertz CT molecular complexity index is 2640. The molecule has 0 radical (unpaired) electrons. The van der Waals surface area contributed by atoms with Crippen LogP contribution < -0.4 is 15.2 Å². The summed E-state index contributed by atoms with van der Waals surface area (Å²) in [5.41, 5.74) is 13.9. The lowest BCUT2D eigenvalue weighted by molar-refractivity contribution is -0.149. The highest BCUT2D eigenvalue weighted by Gasteiger charge is 2.18. The van der Waals surface area contributed by atoms with Crippen molar-refractivity contribution in [2.75, 3.05) is 211 Å². The lowest BCUT2D eigenvalue weighted by atomic mass is 10.1. The fourth-order valence-corrected chi connectivity index (χ4v) is 7.32. The van der Waals surface area contributed by atoms with E-state index in [9.17, 15) is 19.2 Å². The molecule has 28 nitrogen and oxygen atoms in total. The third-order valence-electron chi connectivity index (χ3n) is 11.4. The summed E-state index contributed by atoms with van der Waals surface area (Å²) in [5, 5.41) is 3.37. The van der Waals surface area contributed by atoms with E-state index in [1.807, 2.05) is 12.1 Å². The van der Waals surface area contributed by atoms with Gasteiger partial charge in [0.1, 0.15) is 47.1 Å². The predicted molar refractivity (Wildman–Crippen MR) is 378 cm³/mol. The van der Waals surface area contributed by atoms with Crippen molar-refractivity contribution >= 4 is 48.2 Å². The summed E-state index contributed by atoms with van der Waals surface area (Å²) < 4.78 is 110. The molecule has 0 aliphatic heterocycles. The van der Waals surface area contributed by atoms with Crippen LogP contribution in [0.5, 0.6) is 11.5 Å². The molecular weight excluding hydrogens is 1300 g/mol. The van der Waals surface area contributed by atoms with Gasteiger partial charge in [0, 0.05) is 53.4 Å². The highest BCUT2D eigenvalue weighted by Crippen LogP contribution is 2.25. The van der Waals surface area contributed by atoms with Crippen LogP contribution in [0.25, 0.3) is 34.7 Å². The molecule has 0 atom stereocenters. The first-order valence-electron chi connectivity index (χ1n) is 33.8. The monoisotopic (exact) mass is 1420 g/mol. The zero-order valence-corrected chi connectivity index (χ0v) is 61.4. The summed E-state index contributed by atoms with van der Waals surface area (Å²) in [6.45, 7) is 35.6. The number of azide groups is 1. The molecule has 0 aliphatic rings. The summed E-state index contributed by atoms with van der Waals surface area (Å²) in [6.07, 6.45) is 12.0. The molecule has 0 saturated heterocycles. The molecule has 0 heterocycles. The molecule has 100 heavy (non-hydrogen) atoms. The van der Waals surface area contributed by atoms with Crippen LogP contribution in [-0.4, -0.2) is 258 Å². The second kappa shape index (κ2) is 58.1. The SMILES string of the molecule is CC(C)(C)OC(=O)/C=C/c1ccc(/C=C/C(=O)OC(C)(C)C)c(OCCOCCOCCOCCOCCOCCOCCOCCN)c1.CC(C)(C)OC(=O)/C=C/c1ccc(/C=C/C(=O)OC(C)(C)C)c(OCCOCCOCCOCCOCCOCCOCCOCCN=[N+]=[N-])c1. The molecule has 0 unspecified atom stereocenters. The van der Waals surface area contributed by atoms with Gasteiger partial charge in [-0.05, 0) is 136 Å². The van der Waals surface area contributed by atoms with Crippen LogP contribution in [0.1, 0.15) is 105 Å². The molecular formula is C72H116N4O24. The van der Waals surface area contributed by atoms with E-state index in [0.717, 1.165) is 11.1 Å². The van der Waals surface area contributed by atoms with Crippen LogP contribution in [-0.2, 0) is 104 Å². The van der Waals surface area contributed by atoms with E-state index in [4.69, 9.17) is 106 Å². The standard InChI is InChI=1S/C36H57N3O12.C36H59NO12/c1-35(2,3)50-33(40)11-8-30-7-9-31(10-12-34(41)51-36(4,5)6)32(29-30)49-28-27-48-26-25-47-24-23-46-22-21-45-20-19-44-18-17-43-16-15-42-14-13-38-39-37;1-35(2,3)48-33(38)11-8-30-7-9-31(10-12-34(39)49-36(4,5)6)32(29-30)47-28-27-46-26-25-45-24-23-44-22-21-43-20-19-42-18-17-41-16-15-40-14-13-37/h7-12,29H,13-28H2,1-6H3;7-12,29H,13-28,37H2,1-6H3/b2*11-8+,12-10+. The summed E-state index contributed by atoms with van der Waals surface area (Å²) in [6, 6.07) is 10.8. The molecule has 0 aliphatic carbocycles. The maximum atomic E-state index is 12.2. The van der Waals surface area contributed by atoms with Crippen molar-refractivity contribution in [2.24, 2.45) is 10.8 Å². The molecule has 2 rings (SSSR count). The number of carbonyl (C=O) groups excluding carboxylic acids is 4. The van der Waals surface area contributed by atoms with Crippen LogP contribution in [0.2, 0.25) is 0 Å². The fourth-order valence-electron chi connectivity index (χ4n) is 7.32. The Hall–Kier alpha value is -6.41. The summed E-state index contributed by atoms with van der Waals surface area (Å²) >= 11 is 0. The molecule has 0 bridgehead atoms. The Balaban J connectivity index is 0.00000100. The van der Waals surface area contributed by atoms with Crippen molar-refractivity contribution in [1.82, 2.24) is 0 Å². The van der Waals surface area contributed by atoms with Crippen LogP contribution in [0.15, 0.2) is 65.8 Å². The smallest absolute Gasteiger partial charge is 0.331 e. The molecule has 28 heteroatoms. The van der Waals surface area contributed by atoms with Crippen molar-refractivity contribution in [3.63, 3.8) is 0 Å². The maximum Gasteiger partial charge on any atom is 0.331 e. The second-order valence-electron chi connectivity index (χ2n) is 25.1. The van der Waals surface area contributed by atoms with Crippen molar-refractivity contribution in [2.45, 2.75) is 105 Å². The maximum absolute atomic E-state index is 12.2. The van der Waals surface area contributed by atoms with Gasteiger partial charge in [-0.25, -0.2) is 19.2 Å². The molecule has 2 aromatic carbocycles. The number of benzene rings is 2. The van der Waals surface area contributed by atoms with E-state index in [1.54, 1.807) is 132 Å². The normalized spacial score (nSPS) is 12.1.